The van der Waals surface area contributed by atoms with Crippen LogP contribution in [0, 0.1) is 11.8 Å². The Bertz CT molecular complexity index is 1270. The Hall–Kier alpha value is -3.65. The monoisotopic (exact) mass is 517 g/mol. The van der Waals surface area contributed by atoms with E-state index in [1.165, 1.54) is 0 Å². The molecule has 0 radical (unpaired) electrons. The molecule has 3 heterocycles. The van der Waals surface area contributed by atoms with Crippen LogP contribution in [-0.2, 0) is 25.5 Å². The molecule has 2 N–H and O–H groups in total. The summed E-state index contributed by atoms with van der Waals surface area (Å²) in [6, 6.07) is 15.9. The first-order chi connectivity index (χ1) is 18.0. The minimum atomic E-state index is -1.22. The highest BCUT2D eigenvalue weighted by Gasteiger charge is 2.76. The van der Waals surface area contributed by atoms with Gasteiger partial charge >= 0.3 is 0 Å². The van der Waals surface area contributed by atoms with E-state index in [9.17, 15) is 14.4 Å². The number of nitrogens with zero attached hydrogens (tertiary/aromatic N) is 1. The maximum absolute atomic E-state index is 14.1. The highest BCUT2D eigenvalue weighted by atomic mass is 16.5. The first kappa shape index (κ1) is 26.0. The number of para-hydroxylation sites is 1. The molecule has 0 unspecified atom stereocenters. The van der Waals surface area contributed by atoms with Crippen LogP contribution in [0.3, 0.4) is 0 Å². The molecule has 2 aromatic rings. The highest BCUT2D eigenvalue weighted by molar-refractivity contribution is 6.03. The average molecular weight is 518 g/mol. The van der Waals surface area contributed by atoms with Crippen molar-refractivity contribution in [3.63, 3.8) is 0 Å². The van der Waals surface area contributed by atoms with Crippen LogP contribution >= 0.6 is 0 Å². The second-order valence-electron chi connectivity index (χ2n) is 11.6. The average Bonchev–Trinajstić information content (AvgIpc) is 3.43. The van der Waals surface area contributed by atoms with Gasteiger partial charge in [-0.1, -0.05) is 42.5 Å². The molecule has 0 saturated carbocycles. The number of nitrogens with one attached hydrogen (secondary N) is 2. The van der Waals surface area contributed by atoms with Gasteiger partial charge in [-0.25, -0.2) is 0 Å². The molecule has 5 atom stereocenters. The summed E-state index contributed by atoms with van der Waals surface area (Å²) in [7, 11) is 1.61. The fourth-order valence-corrected chi connectivity index (χ4v) is 6.09. The molecule has 2 bridgehead atoms. The zero-order chi connectivity index (χ0) is 27.3. The van der Waals surface area contributed by atoms with E-state index in [2.05, 4.69) is 10.6 Å². The number of benzene rings is 2. The molecule has 3 aliphatic heterocycles. The van der Waals surface area contributed by atoms with Gasteiger partial charge in [-0.3, -0.25) is 14.4 Å². The summed E-state index contributed by atoms with van der Waals surface area (Å²) >= 11 is 0. The van der Waals surface area contributed by atoms with E-state index in [1.54, 1.807) is 24.1 Å². The smallest absolute Gasteiger partial charge is 0.246 e. The lowest BCUT2D eigenvalue weighted by molar-refractivity contribution is -0.144. The number of methoxy groups -OCH3 is 1. The number of rotatable bonds is 7. The molecule has 38 heavy (non-hydrogen) atoms. The second-order valence-corrected chi connectivity index (χ2v) is 11.6. The van der Waals surface area contributed by atoms with Crippen molar-refractivity contribution < 1.29 is 23.9 Å². The fourth-order valence-electron chi connectivity index (χ4n) is 6.09. The van der Waals surface area contributed by atoms with Crippen molar-refractivity contribution in [1.29, 1.82) is 0 Å². The minimum absolute atomic E-state index is 0.242. The van der Waals surface area contributed by atoms with Gasteiger partial charge in [-0.2, -0.15) is 0 Å². The van der Waals surface area contributed by atoms with Crippen molar-refractivity contribution in [2.45, 2.75) is 56.9 Å². The standard InChI is InChI=1S/C30H35N3O5/c1-28(2,3)32-26(35)24-30-17-16-29(4,38-30)22(25(34)31-20-9-7-6-8-10-20)23(30)27(36)33(24)18-15-19-11-13-21(37-5)14-12-19/h6-14,16-17,22-24H,15,18H2,1-5H3,(H,31,34)(H,32,35)/t22-,23-,24-,29+,30-/m0/s1. The molecule has 5 rings (SSSR count). The van der Waals surface area contributed by atoms with E-state index in [0.29, 0.717) is 18.7 Å². The van der Waals surface area contributed by atoms with Gasteiger partial charge in [-0.05, 0) is 63.9 Å². The van der Waals surface area contributed by atoms with Gasteiger partial charge in [0.05, 0.1) is 24.5 Å². The minimum Gasteiger partial charge on any atom is -0.497 e. The summed E-state index contributed by atoms with van der Waals surface area (Å²) in [6.45, 7) is 7.84. The maximum atomic E-state index is 14.1. The van der Waals surface area contributed by atoms with E-state index >= 15 is 0 Å². The Kier molecular flexibility index (Phi) is 6.34. The van der Waals surface area contributed by atoms with Crippen LogP contribution in [0.2, 0.25) is 0 Å². The van der Waals surface area contributed by atoms with Crippen molar-refractivity contribution in [3.8, 4) is 5.75 Å². The number of fused-ring (bicyclic) bond motifs is 1. The van der Waals surface area contributed by atoms with E-state index in [0.717, 1.165) is 11.3 Å². The molecular formula is C30H35N3O5. The summed E-state index contributed by atoms with van der Waals surface area (Å²) in [5, 5.41) is 6.00. The Morgan fingerprint density at radius 3 is 2.34 bits per heavy atom. The van der Waals surface area contributed by atoms with Gasteiger partial charge < -0.3 is 25.0 Å². The Morgan fingerprint density at radius 1 is 1.03 bits per heavy atom. The van der Waals surface area contributed by atoms with E-state index in [1.807, 2.05) is 82.3 Å². The van der Waals surface area contributed by atoms with Gasteiger partial charge in [0.2, 0.25) is 17.7 Å². The molecule has 3 amide bonds. The SMILES string of the molecule is COc1ccc(CCN2C(=O)[C@@H]3[C@@H](C(=O)Nc4ccccc4)[C@@]4(C)C=C[C@@]3(O4)[C@@H]2C(=O)NC(C)(C)C)cc1. The number of ether oxygens (including phenoxy) is 2. The van der Waals surface area contributed by atoms with Crippen LogP contribution in [0.4, 0.5) is 5.69 Å². The van der Waals surface area contributed by atoms with Gasteiger partial charge in [0.15, 0.2) is 0 Å². The van der Waals surface area contributed by atoms with Crippen molar-refractivity contribution in [3.05, 3.63) is 72.3 Å². The summed E-state index contributed by atoms with van der Waals surface area (Å²) in [5.74, 6) is -1.67. The number of carbonyl (C=O) groups excluding carboxylic acids is 3. The molecule has 200 valence electrons. The summed E-state index contributed by atoms with van der Waals surface area (Å²) in [6.07, 6.45) is 4.22. The third kappa shape index (κ3) is 4.36. The Labute approximate surface area is 223 Å². The number of anilines is 1. The lowest BCUT2D eigenvalue weighted by Crippen LogP contribution is -2.58. The van der Waals surface area contributed by atoms with E-state index in [4.69, 9.17) is 9.47 Å². The molecule has 2 saturated heterocycles. The molecule has 8 nitrogen and oxygen atoms in total. The third-order valence-electron chi connectivity index (χ3n) is 7.67. The van der Waals surface area contributed by atoms with Gasteiger partial charge in [0.1, 0.15) is 17.4 Å². The normalized spacial score (nSPS) is 29.3. The molecule has 3 aliphatic rings. The van der Waals surface area contributed by atoms with Crippen molar-refractivity contribution in [2.24, 2.45) is 11.8 Å². The first-order valence-electron chi connectivity index (χ1n) is 13.0. The van der Waals surface area contributed by atoms with E-state index in [-0.39, 0.29) is 17.7 Å². The Balaban J connectivity index is 1.48. The molecular weight excluding hydrogens is 482 g/mol. The van der Waals surface area contributed by atoms with Crippen LogP contribution < -0.4 is 15.4 Å². The lowest BCUT2D eigenvalue weighted by atomic mass is 9.70. The quantitative estimate of drug-likeness (QED) is 0.550. The maximum Gasteiger partial charge on any atom is 0.246 e. The first-order valence-corrected chi connectivity index (χ1v) is 13.0. The fraction of sp³-hybridized carbons (Fsp3) is 0.433. The number of likely N-dealkylation sites (tertiary alicyclic amines) is 1. The van der Waals surface area contributed by atoms with Crippen LogP contribution in [0.25, 0.3) is 0 Å². The van der Waals surface area contributed by atoms with E-state index < -0.39 is 34.6 Å². The molecule has 8 heteroatoms. The van der Waals surface area contributed by atoms with Crippen LogP contribution in [0.1, 0.15) is 33.3 Å². The van der Waals surface area contributed by atoms with Crippen molar-refractivity contribution in [1.82, 2.24) is 10.2 Å². The Morgan fingerprint density at radius 2 is 1.71 bits per heavy atom. The number of carbonyl (C=O) groups is 3. The molecule has 1 spiro atoms. The zero-order valence-corrected chi connectivity index (χ0v) is 22.5. The number of hydrogen-bond acceptors (Lipinski definition) is 5. The largest absolute Gasteiger partial charge is 0.497 e. The van der Waals surface area contributed by atoms with Crippen LogP contribution in [0.5, 0.6) is 5.75 Å². The highest BCUT2D eigenvalue weighted by Crippen LogP contribution is 2.59. The predicted octanol–water partition coefficient (Wildman–Crippen LogP) is 3.33. The van der Waals surface area contributed by atoms with Gasteiger partial charge in [0, 0.05) is 17.8 Å². The summed E-state index contributed by atoms with van der Waals surface area (Å²) in [5.41, 5.74) is -1.08. The molecule has 2 fully saturated rings. The van der Waals surface area contributed by atoms with Crippen molar-refractivity contribution in [2.75, 3.05) is 19.0 Å². The zero-order valence-electron chi connectivity index (χ0n) is 22.5. The van der Waals surface area contributed by atoms with Crippen LogP contribution in [0.15, 0.2) is 66.7 Å². The third-order valence-corrected chi connectivity index (χ3v) is 7.67. The number of amides is 3. The van der Waals surface area contributed by atoms with Gasteiger partial charge in [0.25, 0.3) is 0 Å². The molecule has 2 aromatic carbocycles. The molecule has 0 aromatic heterocycles. The second kappa shape index (κ2) is 9.27. The van der Waals surface area contributed by atoms with Gasteiger partial charge in [-0.15, -0.1) is 0 Å². The topological polar surface area (TPSA) is 97.0 Å². The number of hydrogen-bond donors (Lipinski definition) is 2. The predicted molar refractivity (Wildman–Crippen MR) is 144 cm³/mol. The summed E-state index contributed by atoms with van der Waals surface area (Å²) in [4.78, 5) is 43.1. The lowest BCUT2D eigenvalue weighted by Gasteiger charge is -2.35. The molecule has 0 aliphatic carbocycles. The summed E-state index contributed by atoms with van der Waals surface area (Å²) < 4.78 is 11.8. The van der Waals surface area contributed by atoms with Crippen molar-refractivity contribution >= 4 is 23.4 Å². The van der Waals surface area contributed by atoms with Crippen LogP contribution in [-0.4, -0.2) is 59.1 Å².